The molecule has 0 saturated heterocycles. The van der Waals surface area contributed by atoms with Crippen molar-refractivity contribution >= 4 is 15.9 Å². The molecular weight excluding hydrogens is 314 g/mol. The molecule has 0 aliphatic rings. The van der Waals surface area contributed by atoms with Crippen molar-refractivity contribution in [1.82, 2.24) is 0 Å². The van der Waals surface area contributed by atoms with Gasteiger partial charge in [-0.25, -0.2) is 0 Å². The molecule has 0 bridgehead atoms. The monoisotopic (exact) mass is 329 g/mol. The number of nitrogens with zero attached hydrogens (tertiary/aromatic N) is 1. The Morgan fingerprint density at radius 3 is 2.55 bits per heavy atom. The SMILES string of the molecule is Cc1ccc(OCc2ccc(C#N)cc2C)c(CBr)c1. The molecule has 0 amide bonds. The van der Waals surface area contributed by atoms with Crippen LogP contribution in [0.15, 0.2) is 36.4 Å². The van der Waals surface area contributed by atoms with Crippen molar-refractivity contribution in [2.75, 3.05) is 0 Å². The fourth-order valence-corrected chi connectivity index (χ4v) is 2.47. The van der Waals surface area contributed by atoms with Crippen LogP contribution in [0.3, 0.4) is 0 Å². The number of rotatable bonds is 4. The highest BCUT2D eigenvalue weighted by Crippen LogP contribution is 2.24. The minimum atomic E-state index is 0.514. The van der Waals surface area contributed by atoms with Gasteiger partial charge in [-0.1, -0.05) is 39.7 Å². The zero-order valence-electron chi connectivity index (χ0n) is 11.6. The standard InChI is InChI=1S/C17H16BrNO/c1-12-3-6-17(16(7-12)9-18)20-11-15-5-4-14(10-19)8-13(15)2/h3-8H,9,11H2,1-2H3. The zero-order chi connectivity index (χ0) is 14.5. The maximum absolute atomic E-state index is 8.87. The summed E-state index contributed by atoms with van der Waals surface area (Å²) < 4.78 is 5.91. The average Bonchev–Trinajstić information content (AvgIpc) is 2.46. The molecule has 0 unspecified atom stereocenters. The predicted molar refractivity (Wildman–Crippen MR) is 84.0 cm³/mol. The Labute approximate surface area is 128 Å². The molecule has 102 valence electrons. The van der Waals surface area contributed by atoms with Crippen LogP contribution in [0.5, 0.6) is 5.75 Å². The first-order valence-electron chi connectivity index (χ1n) is 6.42. The van der Waals surface area contributed by atoms with Crippen molar-refractivity contribution in [3.8, 4) is 11.8 Å². The number of nitriles is 1. The number of halogens is 1. The van der Waals surface area contributed by atoms with Crippen LogP contribution < -0.4 is 4.74 Å². The van der Waals surface area contributed by atoms with E-state index in [0.717, 1.165) is 27.8 Å². The minimum Gasteiger partial charge on any atom is -0.489 e. The first-order chi connectivity index (χ1) is 9.63. The summed E-state index contributed by atoms with van der Waals surface area (Å²) >= 11 is 3.49. The summed E-state index contributed by atoms with van der Waals surface area (Å²) in [5.74, 6) is 0.899. The fourth-order valence-electron chi connectivity index (χ4n) is 2.04. The number of hydrogen-bond donors (Lipinski definition) is 0. The molecule has 0 radical (unpaired) electrons. The lowest BCUT2D eigenvalue weighted by molar-refractivity contribution is 0.303. The van der Waals surface area contributed by atoms with Crippen LogP contribution in [-0.2, 0) is 11.9 Å². The summed E-state index contributed by atoms with van der Waals surface area (Å²) in [6.07, 6.45) is 0. The number of alkyl halides is 1. The molecule has 0 aliphatic carbocycles. The molecule has 0 fully saturated rings. The van der Waals surface area contributed by atoms with Crippen molar-refractivity contribution in [2.24, 2.45) is 0 Å². The second-order valence-electron chi connectivity index (χ2n) is 4.79. The molecule has 0 atom stereocenters. The van der Waals surface area contributed by atoms with Gasteiger partial charge in [-0.05, 0) is 43.2 Å². The van der Waals surface area contributed by atoms with Gasteiger partial charge in [0, 0.05) is 10.9 Å². The van der Waals surface area contributed by atoms with Gasteiger partial charge < -0.3 is 4.74 Å². The van der Waals surface area contributed by atoms with Gasteiger partial charge in [0.05, 0.1) is 11.6 Å². The highest BCUT2D eigenvalue weighted by atomic mass is 79.9. The molecule has 0 aliphatic heterocycles. The van der Waals surface area contributed by atoms with E-state index in [1.165, 1.54) is 5.56 Å². The van der Waals surface area contributed by atoms with E-state index in [-0.39, 0.29) is 0 Å². The van der Waals surface area contributed by atoms with Crippen LogP contribution in [0.4, 0.5) is 0 Å². The van der Waals surface area contributed by atoms with Crippen molar-refractivity contribution in [1.29, 1.82) is 5.26 Å². The van der Waals surface area contributed by atoms with E-state index in [1.807, 2.05) is 37.3 Å². The third-order valence-corrected chi connectivity index (χ3v) is 3.82. The van der Waals surface area contributed by atoms with E-state index in [1.54, 1.807) is 0 Å². The molecule has 2 nitrogen and oxygen atoms in total. The van der Waals surface area contributed by atoms with E-state index < -0.39 is 0 Å². The van der Waals surface area contributed by atoms with Gasteiger partial charge in [0.1, 0.15) is 12.4 Å². The maximum Gasteiger partial charge on any atom is 0.123 e. The van der Waals surface area contributed by atoms with Crippen molar-refractivity contribution in [2.45, 2.75) is 25.8 Å². The van der Waals surface area contributed by atoms with Crippen molar-refractivity contribution in [3.63, 3.8) is 0 Å². The van der Waals surface area contributed by atoms with Crippen LogP contribution in [0.1, 0.15) is 27.8 Å². The second-order valence-corrected chi connectivity index (χ2v) is 5.35. The lowest BCUT2D eigenvalue weighted by atomic mass is 10.1. The highest BCUT2D eigenvalue weighted by Gasteiger charge is 2.05. The van der Waals surface area contributed by atoms with Gasteiger partial charge in [0.25, 0.3) is 0 Å². The number of hydrogen-bond acceptors (Lipinski definition) is 2. The summed E-state index contributed by atoms with van der Waals surface area (Å²) in [5, 5.41) is 9.64. The van der Waals surface area contributed by atoms with Crippen molar-refractivity contribution in [3.05, 3.63) is 64.2 Å². The number of benzene rings is 2. The Morgan fingerprint density at radius 2 is 1.90 bits per heavy atom. The normalized spacial score (nSPS) is 10.1. The van der Waals surface area contributed by atoms with E-state index in [4.69, 9.17) is 10.00 Å². The van der Waals surface area contributed by atoms with Gasteiger partial charge in [-0.2, -0.15) is 5.26 Å². The Bertz CT molecular complexity index is 659. The molecule has 2 rings (SSSR count). The van der Waals surface area contributed by atoms with Crippen LogP contribution in [0.2, 0.25) is 0 Å². The lowest BCUT2D eigenvalue weighted by Crippen LogP contribution is -2.00. The minimum absolute atomic E-state index is 0.514. The van der Waals surface area contributed by atoms with Crippen LogP contribution in [0, 0.1) is 25.2 Å². The molecule has 3 heteroatoms. The summed E-state index contributed by atoms with van der Waals surface area (Å²) in [4.78, 5) is 0. The largest absolute Gasteiger partial charge is 0.489 e. The second kappa shape index (κ2) is 6.58. The Kier molecular flexibility index (Phi) is 4.81. The average molecular weight is 330 g/mol. The molecule has 0 saturated carbocycles. The van der Waals surface area contributed by atoms with E-state index in [9.17, 15) is 0 Å². The van der Waals surface area contributed by atoms with Gasteiger partial charge in [-0.3, -0.25) is 0 Å². The van der Waals surface area contributed by atoms with Crippen LogP contribution in [0.25, 0.3) is 0 Å². The van der Waals surface area contributed by atoms with E-state index >= 15 is 0 Å². The molecule has 20 heavy (non-hydrogen) atoms. The van der Waals surface area contributed by atoms with Gasteiger partial charge in [-0.15, -0.1) is 0 Å². The van der Waals surface area contributed by atoms with Gasteiger partial charge >= 0.3 is 0 Å². The summed E-state index contributed by atoms with van der Waals surface area (Å²) in [6, 6.07) is 14.0. The third-order valence-electron chi connectivity index (χ3n) is 3.21. The van der Waals surface area contributed by atoms with E-state index in [0.29, 0.717) is 12.2 Å². The molecular formula is C17H16BrNO. The number of aryl methyl sites for hydroxylation is 2. The molecule has 2 aromatic carbocycles. The van der Waals surface area contributed by atoms with Crippen molar-refractivity contribution < 1.29 is 4.74 Å². The molecule has 0 N–H and O–H groups in total. The van der Waals surface area contributed by atoms with E-state index in [2.05, 4.69) is 35.0 Å². The lowest BCUT2D eigenvalue weighted by Gasteiger charge is -2.12. The van der Waals surface area contributed by atoms with Crippen LogP contribution in [-0.4, -0.2) is 0 Å². The number of ether oxygens (including phenoxy) is 1. The molecule has 0 aromatic heterocycles. The summed E-state index contributed by atoms with van der Waals surface area (Å²) in [5.41, 5.74) is 5.24. The third kappa shape index (κ3) is 3.40. The highest BCUT2D eigenvalue weighted by molar-refractivity contribution is 9.08. The Balaban J connectivity index is 2.15. The Hall–Kier alpha value is -1.79. The first kappa shape index (κ1) is 14.6. The zero-order valence-corrected chi connectivity index (χ0v) is 13.2. The topological polar surface area (TPSA) is 33.0 Å². The van der Waals surface area contributed by atoms with Gasteiger partial charge in [0.15, 0.2) is 0 Å². The summed E-state index contributed by atoms with van der Waals surface area (Å²) in [7, 11) is 0. The predicted octanol–water partition coefficient (Wildman–Crippen LogP) is 4.65. The quantitative estimate of drug-likeness (QED) is 0.765. The fraction of sp³-hybridized carbons (Fsp3) is 0.235. The molecule has 0 spiro atoms. The van der Waals surface area contributed by atoms with Crippen LogP contribution >= 0.6 is 15.9 Å². The first-order valence-corrected chi connectivity index (χ1v) is 7.54. The molecule has 0 heterocycles. The summed E-state index contributed by atoms with van der Waals surface area (Å²) in [6.45, 7) is 4.58. The maximum atomic E-state index is 8.87. The Morgan fingerprint density at radius 1 is 1.10 bits per heavy atom. The molecule has 2 aromatic rings. The smallest absolute Gasteiger partial charge is 0.123 e. The van der Waals surface area contributed by atoms with Gasteiger partial charge in [0.2, 0.25) is 0 Å².